The lowest BCUT2D eigenvalue weighted by atomic mass is 9.94. The lowest BCUT2D eigenvalue weighted by molar-refractivity contribution is 0.395. The quantitative estimate of drug-likeness (QED) is 0.382. The number of nitrogens with one attached hydrogen (secondary N) is 3. The van der Waals surface area contributed by atoms with Gasteiger partial charge in [-0.2, -0.15) is 4.98 Å². The lowest BCUT2D eigenvalue weighted by Gasteiger charge is -2.25. The Morgan fingerprint density at radius 1 is 0.968 bits per heavy atom. The molecule has 1 aromatic heterocycles. The predicted molar refractivity (Wildman–Crippen MR) is 126 cm³/mol. The topological polar surface area (TPSA) is 80.3 Å². The van der Waals surface area contributed by atoms with Gasteiger partial charge in [-0.1, -0.05) is 12.5 Å². The van der Waals surface area contributed by atoms with Crippen LogP contribution in [0.5, 0.6) is 11.5 Å². The molecule has 0 unspecified atom stereocenters. The molecule has 1 aliphatic carbocycles. The van der Waals surface area contributed by atoms with Crippen LogP contribution in [0.25, 0.3) is 0 Å². The third-order valence-corrected chi connectivity index (χ3v) is 6.07. The third-order valence-electron chi connectivity index (χ3n) is 5.12. The highest BCUT2D eigenvalue weighted by Gasteiger charge is 2.16. The summed E-state index contributed by atoms with van der Waals surface area (Å²) in [6.45, 7) is 1.98. The summed E-state index contributed by atoms with van der Waals surface area (Å²) in [6, 6.07) is 14.5. The van der Waals surface area contributed by atoms with Crippen LogP contribution in [0.15, 0.2) is 53.6 Å². The molecule has 1 heterocycles. The summed E-state index contributed by atoms with van der Waals surface area (Å²) in [4.78, 5) is 10.2. The summed E-state index contributed by atoms with van der Waals surface area (Å²) >= 11 is 1.69. The van der Waals surface area contributed by atoms with Gasteiger partial charge >= 0.3 is 0 Å². The fourth-order valence-corrected chi connectivity index (χ4v) is 3.96. The first-order valence-electron chi connectivity index (χ1n) is 10.3. The lowest BCUT2D eigenvalue weighted by Crippen LogP contribution is -2.29. The molecule has 31 heavy (non-hydrogen) atoms. The molecule has 0 amide bonds. The summed E-state index contributed by atoms with van der Waals surface area (Å²) < 4.78 is 14.2. The van der Waals surface area contributed by atoms with E-state index in [9.17, 15) is 0 Å². The van der Waals surface area contributed by atoms with Gasteiger partial charge in [0.1, 0.15) is 17.3 Å². The van der Waals surface area contributed by atoms with E-state index in [0.717, 1.165) is 22.8 Å². The zero-order valence-electron chi connectivity index (χ0n) is 17.9. The molecule has 8 heteroatoms. The molecule has 4 rings (SSSR count). The minimum Gasteiger partial charge on any atom is -0.497 e. The fourth-order valence-electron chi connectivity index (χ4n) is 3.09. The van der Waals surface area contributed by atoms with Crippen molar-refractivity contribution in [2.45, 2.75) is 37.1 Å². The molecule has 3 N–H and O–H groups in total. The molecule has 7 nitrogen and oxygen atoms in total. The Balaban J connectivity index is 1.48. The number of nitrogens with zero attached hydrogens (tertiary/aromatic N) is 2. The third kappa shape index (κ3) is 5.59. The number of methoxy groups -OCH3 is 2. The molecular weight excluding hydrogens is 410 g/mol. The average Bonchev–Trinajstić information content (AvgIpc) is 2.75. The smallest absolute Gasteiger partial charge is 0.229 e. The second-order valence-corrected chi connectivity index (χ2v) is 8.36. The van der Waals surface area contributed by atoms with Crippen LogP contribution in [-0.4, -0.2) is 30.2 Å². The highest BCUT2D eigenvalue weighted by atomic mass is 32.2. The number of benzene rings is 2. The zero-order chi connectivity index (χ0) is 21.6. The van der Waals surface area contributed by atoms with E-state index in [-0.39, 0.29) is 0 Å². The minimum absolute atomic E-state index is 0.487. The Labute approximate surface area is 187 Å². The molecule has 0 aliphatic heterocycles. The minimum atomic E-state index is 0.487. The number of aryl methyl sites for hydroxylation is 1. The number of hydrogen-bond acceptors (Lipinski definition) is 8. The van der Waals surface area contributed by atoms with Crippen LogP contribution in [-0.2, 0) is 0 Å². The van der Waals surface area contributed by atoms with Crippen molar-refractivity contribution in [2.24, 2.45) is 0 Å². The van der Waals surface area contributed by atoms with Gasteiger partial charge in [0.15, 0.2) is 0 Å². The SMILES string of the molecule is COc1cc(Nc2ncc(C)c(Nc3cccc(SNC4CCC4)c3)n2)cc(OC)c1. The van der Waals surface area contributed by atoms with Crippen LogP contribution in [0.2, 0.25) is 0 Å². The van der Waals surface area contributed by atoms with Crippen molar-refractivity contribution >= 4 is 35.1 Å². The monoisotopic (exact) mass is 437 g/mol. The second-order valence-electron chi connectivity index (χ2n) is 7.45. The van der Waals surface area contributed by atoms with Crippen LogP contribution in [0.1, 0.15) is 24.8 Å². The van der Waals surface area contributed by atoms with Crippen molar-refractivity contribution in [3.63, 3.8) is 0 Å². The Kier molecular flexibility index (Phi) is 6.79. The normalized spacial score (nSPS) is 13.4. The first-order valence-corrected chi connectivity index (χ1v) is 11.1. The molecule has 0 atom stereocenters. The van der Waals surface area contributed by atoms with E-state index in [4.69, 9.17) is 9.47 Å². The number of rotatable bonds is 9. The maximum atomic E-state index is 5.33. The largest absolute Gasteiger partial charge is 0.497 e. The van der Waals surface area contributed by atoms with Crippen molar-refractivity contribution in [3.8, 4) is 11.5 Å². The van der Waals surface area contributed by atoms with E-state index < -0.39 is 0 Å². The van der Waals surface area contributed by atoms with Crippen LogP contribution < -0.4 is 24.8 Å². The Morgan fingerprint density at radius 2 is 1.74 bits per heavy atom. The Bertz CT molecular complexity index is 1020. The molecule has 3 aromatic rings. The van der Waals surface area contributed by atoms with Gasteiger partial charge in [-0.15, -0.1) is 0 Å². The molecule has 162 valence electrons. The van der Waals surface area contributed by atoms with Crippen LogP contribution in [0.3, 0.4) is 0 Å². The number of anilines is 4. The van der Waals surface area contributed by atoms with Gasteiger partial charge in [0, 0.05) is 52.3 Å². The number of aromatic nitrogens is 2. The van der Waals surface area contributed by atoms with Crippen molar-refractivity contribution in [2.75, 3.05) is 24.9 Å². The van der Waals surface area contributed by atoms with Gasteiger partial charge in [-0.05, 0) is 49.9 Å². The summed E-state index contributed by atoms with van der Waals surface area (Å²) in [5.41, 5.74) is 2.72. The first-order chi connectivity index (χ1) is 15.1. The van der Waals surface area contributed by atoms with E-state index in [1.165, 1.54) is 24.2 Å². The molecular formula is C23H27N5O2S. The molecule has 0 bridgehead atoms. The van der Waals surface area contributed by atoms with Crippen molar-refractivity contribution in [1.29, 1.82) is 0 Å². The van der Waals surface area contributed by atoms with E-state index in [0.29, 0.717) is 23.5 Å². The molecule has 0 spiro atoms. The standard InChI is InChI=1S/C23H27N5O2S/c1-15-14-24-23(26-18-10-19(29-2)13-20(11-18)30-3)27-22(15)25-17-8-5-9-21(12-17)31-28-16-6-4-7-16/h5,8-14,16,28H,4,6-7H2,1-3H3,(H2,24,25,26,27). The van der Waals surface area contributed by atoms with Gasteiger partial charge in [-0.25, -0.2) is 4.98 Å². The van der Waals surface area contributed by atoms with Gasteiger partial charge < -0.3 is 20.1 Å². The molecule has 1 aliphatic rings. The summed E-state index contributed by atoms with van der Waals surface area (Å²) in [5, 5.41) is 6.65. The first kappa shape index (κ1) is 21.3. The zero-order valence-corrected chi connectivity index (χ0v) is 18.8. The van der Waals surface area contributed by atoms with E-state index in [1.807, 2.05) is 37.3 Å². The van der Waals surface area contributed by atoms with Crippen molar-refractivity contribution < 1.29 is 9.47 Å². The highest BCUT2D eigenvalue weighted by Crippen LogP contribution is 2.29. The van der Waals surface area contributed by atoms with Gasteiger partial charge in [0.05, 0.1) is 14.2 Å². The van der Waals surface area contributed by atoms with E-state index >= 15 is 0 Å². The molecule has 0 radical (unpaired) electrons. The van der Waals surface area contributed by atoms with Crippen molar-refractivity contribution in [3.05, 3.63) is 54.2 Å². The molecule has 0 saturated heterocycles. The molecule has 1 saturated carbocycles. The summed E-state index contributed by atoms with van der Waals surface area (Å²) in [5.74, 6) is 2.62. The van der Waals surface area contributed by atoms with E-state index in [2.05, 4.69) is 37.5 Å². The average molecular weight is 438 g/mol. The van der Waals surface area contributed by atoms with Gasteiger partial charge in [0.2, 0.25) is 5.95 Å². The Morgan fingerprint density at radius 3 is 2.42 bits per heavy atom. The number of hydrogen-bond donors (Lipinski definition) is 3. The fraction of sp³-hybridized carbons (Fsp3) is 0.304. The Hall–Kier alpha value is -2.97. The van der Waals surface area contributed by atoms with Gasteiger partial charge in [0.25, 0.3) is 0 Å². The van der Waals surface area contributed by atoms with E-state index in [1.54, 1.807) is 32.4 Å². The molecule has 2 aromatic carbocycles. The maximum absolute atomic E-state index is 5.33. The second kappa shape index (κ2) is 9.89. The van der Waals surface area contributed by atoms with Crippen LogP contribution >= 0.6 is 11.9 Å². The van der Waals surface area contributed by atoms with Crippen LogP contribution in [0.4, 0.5) is 23.1 Å². The maximum Gasteiger partial charge on any atom is 0.229 e. The number of ether oxygens (including phenoxy) is 2. The highest BCUT2D eigenvalue weighted by molar-refractivity contribution is 7.97. The van der Waals surface area contributed by atoms with Crippen LogP contribution in [0, 0.1) is 6.92 Å². The molecule has 1 fully saturated rings. The summed E-state index contributed by atoms with van der Waals surface area (Å²) in [6.07, 6.45) is 5.65. The van der Waals surface area contributed by atoms with Gasteiger partial charge in [-0.3, -0.25) is 4.72 Å². The summed E-state index contributed by atoms with van der Waals surface area (Å²) in [7, 11) is 3.24. The predicted octanol–water partition coefficient (Wildman–Crippen LogP) is 5.44. The van der Waals surface area contributed by atoms with Crippen molar-refractivity contribution in [1.82, 2.24) is 14.7 Å².